The van der Waals surface area contributed by atoms with E-state index in [-0.39, 0.29) is 16.9 Å². The molecule has 2 nitrogen and oxygen atoms in total. The molecule has 88 valence electrons. The molecule has 0 saturated carbocycles. The van der Waals surface area contributed by atoms with Crippen LogP contribution in [0.2, 0.25) is 0 Å². The van der Waals surface area contributed by atoms with E-state index in [9.17, 15) is 13.2 Å². The largest absolute Gasteiger partial charge is 0.472 e. The number of hydrogen-bond acceptors (Lipinski definition) is 2. The molecule has 1 aliphatic rings. The van der Waals surface area contributed by atoms with Crippen LogP contribution in [0.3, 0.4) is 0 Å². The molecule has 0 aromatic rings. The molecule has 0 bridgehead atoms. The number of nitrogens with zero attached hydrogens (tertiary/aromatic N) is 1. The zero-order valence-corrected chi connectivity index (χ0v) is 9.49. The van der Waals surface area contributed by atoms with Gasteiger partial charge in [0.25, 0.3) is 0 Å². The molecule has 0 aliphatic carbocycles. The minimum absolute atomic E-state index is 0.0415. The molecular formula is C11H12F3NO. The average Bonchev–Trinajstić information content (AvgIpc) is 2.42. The second-order valence-electron chi connectivity index (χ2n) is 3.95. The Hall–Kier alpha value is -1.44. The number of ether oxygens (including phenoxy) is 1. The van der Waals surface area contributed by atoms with Gasteiger partial charge in [-0.2, -0.15) is 18.4 Å². The van der Waals surface area contributed by atoms with Crippen molar-refractivity contribution in [2.75, 3.05) is 0 Å². The number of alkyl halides is 3. The molecular weight excluding hydrogens is 219 g/mol. The third-order valence-corrected chi connectivity index (χ3v) is 2.97. The van der Waals surface area contributed by atoms with Crippen LogP contribution in [-0.2, 0) is 4.74 Å². The highest BCUT2D eigenvalue weighted by Crippen LogP contribution is 2.48. The van der Waals surface area contributed by atoms with Gasteiger partial charge in [0, 0.05) is 0 Å². The summed E-state index contributed by atoms with van der Waals surface area (Å²) in [5.74, 6) is 0.0415. The molecule has 1 heterocycles. The summed E-state index contributed by atoms with van der Waals surface area (Å²) in [6.07, 6.45) is -4.49. The highest BCUT2D eigenvalue weighted by atomic mass is 19.4. The molecule has 16 heavy (non-hydrogen) atoms. The molecule has 1 rings (SSSR count). The van der Waals surface area contributed by atoms with Crippen molar-refractivity contribution >= 4 is 0 Å². The first-order valence-electron chi connectivity index (χ1n) is 4.70. The van der Waals surface area contributed by atoms with Gasteiger partial charge in [0.1, 0.15) is 5.76 Å². The summed E-state index contributed by atoms with van der Waals surface area (Å²) in [4.78, 5) is 0. The SMILES string of the molecule is CC1=C(C)C(C)(C(F)(F)F)O/C1=C(\C)C#N. The fourth-order valence-electron chi connectivity index (χ4n) is 1.56. The lowest BCUT2D eigenvalue weighted by Gasteiger charge is -2.28. The third kappa shape index (κ3) is 1.58. The van der Waals surface area contributed by atoms with Crippen LogP contribution in [0.5, 0.6) is 0 Å². The van der Waals surface area contributed by atoms with Crippen molar-refractivity contribution in [3.05, 3.63) is 22.5 Å². The van der Waals surface area contributed by atoms with Crippen LogP contribution in [0, 0.1) is 11.3 Å². The van der Waals surface area contributed by atoms with Crippen molar-refractivity contribution in [1.29, 1.82) is 5.26 Å². The minimum Gasteiger partial charge on any atom is -0.472 e. The Morgan fingerprint density at radius 1 is 1.38 bits per heavy atom. The second kappa shape index (κ2) is 3.55. The van der Waals surface area contributed by atoms with Gasteiger partial charge in [-0.3, -0.25) is 0 Å². The zero-order chi connectivity index (χ0) is 12.7. The van der Waals surface area contributed by atoms with Crippen LogP contribution in [0.4, 0.5) is 13.2 Å². The minimum atomic E-state index is -4.49. The summed E-state index contributed by atoms with van der Waals surface area (Å²) < 4.78 is 43.5. The predicted molar refractivity (Wildman–Crippen MR) is 52.2 cm³/mol. The van der Waals surface area contributed by atoms with E-state index in [1.165, 1.54) is 20.8 Å². The summed E-state index contributed by atoms with van der Waals surface area (Å²) in [6, 6.07) is 1.80. The van der Waals surface area contributed by atoms with Crippen LogP contribution in [0.25, 0.3) is 0 Å². The van der Waals surface area contributed by atoms with Gasteiger partial charge < -0.3 is 4.74 Å². The van der Waals surface area contributed by atoms with Gasteiger partial charge in [0.2, 0.25) is 5.60 Å². The molecule has 0 N–H and O–H groups in total. The lowest BCUT2D eigenvalue weighted by atomic mass is 9.94. The van der Waals surface area contributed by atoms with Gasteiger partial charge >= 0.3 is 6.18 Å². The first-order valence-corrected chi connectivity index (χ1v) is 4.70. The van der Waals surface area contributed by atoms with Crippen LogP contribution in [0.1, 0.15) is 27.7 Å². The van der Waals surface area contributed by atoms with E-state index < -0.39 is 11.8 Å². The van der Waals surface area contributed by atoms with Gasteiger partial charge in [-0.25, -0.2) is 0 Å². The van der Waals surface area contributed by atoms with Crippen LogP contribution in [0.15, 0.2) is 22.5 Å². The van der Waals surface area contributed by atoms with Crippen molar-refractivity contribution in [1.82, 2.24) is 0 Å². The fourth-order valence-corrected chi connectivity index (χ4v) is 1.56. The molecule has 1 unspecified atom stereocenters. The maximum Gasteiger partial charge on any atom is 0.432 e. The van der Waals surface area contributed by atoms with Crippen LogP contribution in [-0.4, -0.2) is 11.8 Å². The Bertz CT molecular complexity index is 425. The first kappa shape index (κ1) is 12.6. The quantitative estimate of drug-likeness (QED) is 0.598. The summed E-state index contributed by atoms with van der Waals surface area (Å²) in [5.41, 5.74) is -1.67. The highest BCUT2D eigenvalue weighted by molar-refractivity contribution is 5.45. The molecule has 0 saturated heterocycles. The van der Waals surface area contributed by atoms with E-state index in [0.717, 1.165) is 6.92 Å². The maximum atomic E-state index is 12.8. The van der Waals surface area contributed by atoms with Crippen LogP contribution < -0.4 is 0 Å². The normalized spacial score (nSPS) is 28.9. The topological polar surface area (TPSA) is 33.0 Å². The Morgan fingerprint density at radius 2 is 1.88 bits per heavy atom. The van der Waals surface area contributed by atoms with Gasteiger partial charge in [0.15, 0.2) is 0 Å². The Balaban J connectivity index is 3.36. The summed E-state index contributed by atoms with van der Waals surface area (Å²) in [7, 11) is 0. The smallest absolute Gasteiger partial charge is 0.432 e. The number of hydrogen-bond donors (Lipinski definition) is 0. The zero-order valence-electron chi connectivity index (χ0n) is 9.49. The summed E-state index contributed by atoms with van der Waals surface area (Å²) in [5, 5.41) is 8.68. The molecule has 0 spiro atoms. The lowest BCUT2D eigenvalue weighted by molar-refractivity contribution is -0.237. The predicted octanol–water partition coefficient (Wildman–Crippen LogP) is 3.47. The van der Waals surface area contributed by atoms with Crippen molar-refractivity contribution in [3.8, 4) is 6.07 Å². The standard InChI is InChI=1S/C11H12F3NO/c1-6(5-15)9-7(2)8(3)10(4,16-9)11(12,13)14/h1-4H3/b9-6+. The average molecular weight is 231 g/mol. The number of halogens is 3. The van der Waals surface area contributed by atoms with Gasteiger partial charge in [-0.15, -0.1) is 0 Å². The first-order chi connectivity index (χ1) is 7.15. The molecule has 0 fully saturated rings. The van der Waals surface area contributed by atoms with E-state index in [4.69, 9.17) is 10.00 Å². The second-order valence-corrected chi connectivity index (χ2v) is 3.95. The Labute approximate surface area is 92.0 Å². The lowest BCUT2D eigenvalue weighted by Crippen LogP contribution is -2.43. The van der Waals surface area contributed by atoms with Gasteiger partial charge in [-0.1, -0.05) is 0 Å². The monoisotopic (exact) mass is 231 g/mol. The van der Waals surface area contributed by atoms with E-state index in [1.54, 1.807) is 6.07 Å². The Morgan fingerprint density at radius 3 is 2.19 bits per heavy atom. The molecule has 0 aromatic carbocycles. The van der Waals surface area contributed by atoms with Crippen LogP contribution >= 0.6 is 0 Å². The molecule has 0 aromatic heterocycles. The van der Waals surface area contributed by atoms with Gasteiger partial charge in [-0.05, 0) is 38.8 Å². The molecule has 1 atom stereocenters. The van der Waals surface area contributed by atoms with E-state index in [2.05, 4.69) is 0 Å². The van der Waals surface area contributed by atoms with Gasteiger partial charge in [0.05, 0.1) is 11.6 Å². The highest BCUT2D eigenvalue weighted by Gasteiger charge is 2.58. The molecule has 5 heteroatoms. The van der Waals surface area contributed by atoms with Crippen molar-refractivity contribution in [2.45, 2.75) is 39.5 Å². The third-order valence-electron chi connectivity index (χ3n) is 2.97. The van der Waals surface area contributed by atoms with Crippen molar-refractivity contribution < 1.29 is 17.9 Å². The Kier molecular flexibility index (Phi) is 2.80. The maximum absolute atomic E-state index is 12.8. The van der Waals surface area contributed by atoms with Crippen molar-refractivity contribution in [2.24, 2.45) is 0 Å². The molecule has 1 aliphatic heterocycles. The van der Waals surface area contributed by atoms with E-state index in [0.29, 0.717) is 5.57 Å². The number of rotatable bonds is 0. The summed E-state index contributed by atoms with van der Waals surface area (Å²) in [6.45, 7) is 5.32. The fraction of sp³-hybridized carbons (Fsp3) is 0.545. The molecule has 0 amide bonds. The van der Waals surface area contributed by atoms with E-state index >= 15 is 0 Å². The van der Waals surface area contributed by atoms with E-state index in [1.807, 2.05) is 0 Å². The molecule has 0 radical (unpaired) electrons. The van der Waals surface area contributed by atoms with Crippen molar-refractivity contribution in [3.63, 3.8) is 0 Å². The number of nitriles is 1. The number of allylic oxidation sites excluding steroid dienone is 2. The summed E-state index contributed by atoms with van der Waals surface area (Å²) >= 11 is 0.